The van der Waals surface area contributed by atoms with E-state index >= 15 is 0 Å². The zero-order valence-corrected chi connectivity index (χ0v) is 13.5. The van der Waals surface area contributed by atoms with Crippen molar-refractivity contribution in [3.05, 3.63) is 0 Å². The van der Waals surface area contributed by atoms with Crippen LogP contribution < -0.4 is 15.3 Å². The minimum atomic E-state index is -5.05. The predicted molar refractivity (Wildman–Crippen MR) is 54.4 cm³/mol. The first-order valence-electron chi connectivity index (χ1n) is 4.64. The minimum Gasteiger partial charge on any atom is -0.550 e. The third kappa shape index (κ3) is 17.3. The Kier molecular flexibility index (Phi) is 11.9. The third-order valence-electron chi connectivity index (χ3n) is 1.47. The van der Waals surface area contributed by atoms with Gasteiger partial charge < -0.3 is 54.4 Å². The van der Waals surface area contributed by atoms with Gasteiger partial charge in [-0.05, 0) is 0 Å². The maximum atomic E-state index is 10.1. The molecule has 0 amide bonds. The molecule has 17 heteroatoms. The minimum absolute atomic E-state index is 0. The molecular weight excluding hydrogens is 414 g/mol. The van der Waals surface area contributed by atoms with Crippen molar-refractivity contribution in [2.24, 2.45) is 0 Å². The molecule has 1 radical (unpaired) electrons. The Morgan fingerprint density at radius 3 is 1.22 bits per heavy atom. The van der Waals surface area contributed by atoms with Crippen LogP contribution in [0.25, 0.3) is 0 Å². The van der Waals surface area contributed by atoms with Gasteiger partial charge in [-0.25, -0.2) is 9.13 Å². The molecule has 0 fully saturated rings. The van der Waals surface area contributed by atoms with Crippen molar-refractivity contribution >= 4 is 33.6 Å². The largest absolute Gasteiger partial charge is 3.00 e. The molecule has 0 aromatic heterocycles. The van der Waals surface area contributed by atoms with E-state index in [1.54, 1.807) is 0 Å². The first-order valence-corrected chi connectivity index (χ1v) is 7.70. The normalized spacial score (nSPS) is 11.5. The van der Waals surface area contributed by atoms with Crippen LogP contribution in [0.1, 0.15) is 12.8 Å². The maximum absolute atomic E-state index is 10.1. The van der Waals surface area contributed by atoms with Crippen LogP contribution in [0, 0.1) is 0 Å². The molecule has 0 aliphatic carbocycles. The van der Waals surface area contributed by atoms with Gasteiger partial charge in [0.05, 0.1) is 5.97 Å². The second kappa shape index (κ2) is 10.1. The smallest absolute Gasteiger partial charge is 0.550 e. The average molecular weight is 423 g/mol. The van der Waals surface area contributed by atoms with Crippen molar-refractivity contribution in [3.8, 4) is 0 Å². The number of hydrogen-bond donors (Lipinski definition) is 5. The van der Waals surface area contributed by atoms with Gasteiger partial charge in [0.1, 0.15) is 5.60 Å². The molecule has 0 aliphatic heterocycles. The zero-order chi connectivity index (χ0) is 18.4. The quantitative estimate of drug-likeness (QED) is 0.188. The van der Waals surface area contributed by atoms with Crippen LogP contribution in [0.2, 0.25) is 0 Å². The molecule has 0 saturated heterocycles. The summed E-state index contributed by atoms with van der Waals surface area (Å²) in [4.78, 5) is 61.0. The van der Waals surface area contributed by atoms with Crippen molar-refractivity contribution < 1.29 is 84.9 Å². The standard InChI is InChI=1S/C6H8O7.Fe.H4O7P2/c7-3(8)1-6(13,5(11)12)2-4(9)10;;1-8(2,3)7-9(4,5)6/h13H,1-2H2,(H,7,8)(H,9,10)(H,11,12);;(H2,1,2,3)(H2,4,5,6)/q;+3;/p-3. The molecule has 14 nitrogen and oxygen atoms in total. The number of aliphatic carboxylic acids is 3. The van der Waals surface area contributed by atoms with Gasteiger partial charge in [0.2, 0.25) is 0 Å². The maximum Gasteiger partial charge on any atom is 3.00 e. The number of carboxylic acids is 3. The fourth-order valence-electron chi connectivity index (χ4n) is 0.823. The van der Waals surface area contributed by atoms with Crippen LogP contribution in [-0.2, 0) is 44.9 Å². The van der Waals surface area contributed by atoms with Crippen LogP contribution in [0.5, 0.6) is 0 Å². The molecule has 0 heterocycles. The molecule has 0 aliphatic rings. The number of rotatable bonds is 7. The second-order valence-electron chi connectivity index (χ2n) is 3.48. The van der Waals surface area contributed by atoms with E-state index in [-0.39, 0.29) is 17.1 Å². The van der Waals surface area contributed by atoms with Gasteiger partial charge >= 0.3 is 32.7 Å². The molecule has 0 atom stereocenters. The van der Waals surface area contributed by atoms with E-state index in [0.717, 1.165) is 0 Å². The van der Waals surface area contributed by atoms with E-state index in [4.69, 9.17) is 24.7 Å². The molecule has 0 aromatic rings. The molecule has 0 bridgehead atoms. The van der Waals surface area contributed by atoms with Crippen molar-refractivity contribution in [2.45, 2.75) is 18.4 Å². The Morgan fingerprint density at radius 1 is 0.870 bits per heavy atom. The van der Waals surface area contributed by atoms with Crippen LogP contribution >= 0.6 is 15.6 Å². The van der Waals surface area contributed by atoms with E-state index in [0.29, 0.717) is 0 Å². The molecule has 0 saturated carbocycles. The molecule has 5 N–H and O–H groups in total. The molecule has 0 unspecified atom stereocenters. The Bertz CT molecular complexity index is 481. The summed E-state index contributed by atoms with van der Waals surface area (Å²) in [6.45, 7) is 0. The van der Waals surface area contributed by atoms with E-state index in [9.17, 15) is 38.8 Å². The molecule has 0 rings (SSSR count). The van der Waals surface area contributed by atoms with Gasteiger partial charge in [0.25, 0.3) is 0 Å². The summed E-state index contributed by atoms with van der Waals surface area (Å²) >= 11 is 0. The monoisotopic (exact) mass is 423 g/mol. The summed E-state index contributed by atoms with van der Waals surface area (Å²) in [5.41, 5.74) is -2.97. The van der Waals surface area contributed by atoms with E-state index in [1.165, 1.54) is 0 Å². The van der Waals surface area contributed by atoms with Gasteiger partial charge in [-0.2, -0.15) is 4.31 Å². The van der Waals surface area contributed by atoms with Gasteiger partial charge in [-0.3, -0.25) is 0 Å². The van der Waals surface area contributed by atoms with Crippen molar-refractivity contribution in [3.63, 3.8) is 0 Å². The Hall–Kier alpha value is -0.851. The summed E-state index contributed by atoms with van der Waals surface area (Å²) in [5.74, 6) is -5.98. The van der Waals surface area contributed by atoms with Crippen LogP contribution in [-0.4, -0.2) is 48.2 Å². The molecule has 0 spiro atoms. The molecular formula is C6H9FeO14P2. The number of carboxylic acid groups (broad SMARTS) is 3. The number of aliphatic hydroxyl groups is 1. The Labute approximate surface area is 137 Å². The molecule has 23 heavy (non-hydrogen) atoms. The SMILES string of the molecule is O=C([O-])CC(O)(CC(=O)[O-])C(=O)[O-].O=P(O)(O)OP(=O)(O)O.[Fe+3]. The fourth-order valence-corrected chi connectivity index (χ4v) is 1.93. The summed E-state index contributed by atoms with van der Waals surface area (Å²) in [5, 5.41) is 38.9. The Balaban J connectivity index is -0.000000354. The fraction of sp³-hybridized carbons (Fsp3) is 0.500. The number of hydrogen-bond acceptors (Lipinski definition) is 10. The number of carbonyl (C=O) groups excluding carboxylic acids is 3. The van der Waals surface area contributed by atoms with Gasteiger partial charge in [0, 0.05) is 24.8 Å². The molecule has 0 aromatic carbocycles. The predicted octanol–water partition coefficient (Wildman–Crippen LogP) is -6.07. The van der Waals surface area contributed by atoms with E-state index < -0.39 is 52.0 Å². The first kappa shape index (κ1) is 27.0. The van der Waals surface area contributed by atoms with Crippen LogP contribution in [0.3, 0.4) is 0 Å². The second-order valence-corrected chi connectivity index (χ2v) is 6.09. The third-order valence-corrected chi connectivity index (χ3v) is 3.17. The topological polar surface area (TPSA) is 265 Å². The number of carbonyl (C=O) groups is 3. The average Bonchev–Trinajstić information content (AvgIpc) is 2.08. The summed E-state index contributed by atoms with van der Waals surface area (Å²) < 4.78 is 22.2. The zero-order valence-electron chi connectivity index (χ0n) is 10.6. The van der Waals surface area contributed by atoms with Gasteiger partial charge in [-0.15, -0.1) is 0 Å². The summed E-state index contributed by atoms with van der Waals surface area (Å²) in [6, 6.07) is 0. The van der Waals surface area contributed by atoms with Crippen molar-refractivity contribution in [1.82, 2.24) is 0 Å². The van der Waals surface area contributed by atoms with Gasteiger partial charge in [-0.1, -0.05) is 0 Å². The summed E-state index contributed by atoms with van der Waals surface area (Å²) in [6.07, 6.45) is -2.72. The van der Waals surface area contributed by atoms with E-state index in [1.807, 2.05) is 0 Å². The van der Waals surface area contributed by atoms with Crippen LogP contribution in [0.15, 0.2) is 0 Å². The van der Waals surface area contributed by atoms with Crippen molar-refractivity contribution in [2.75, 3.05) is 0 Å². The van der Waals surface area contributed by atoms with Crippen molar-refractivity contribution in [1.29, 1.82) is 0 Å². The Morgan fingerprint density at radius 2 is 1.13 bits per heavy atom. The summed E-state index contributed by atoms with van der Waals surface area (Å²) in [7, 11) is -10.1. The van der Waals surface area contributed by atoms with Gasteiger partial charge in [0.15, 0.2) is 0 Å². The molecule has 135 valence electrons. The first-order chi connectivity index (χ1) is 9.48. The number of phosphoric acid groups is 2. The van der Waals surface area contributed by atoms with E-state index in [2.05, 4.69) is 4.31 Å². The van der Waals surface area contributed by atoms with Crippen LogP contribution in [0.4, 0.5) is 0 Å².